The van der Waals surface area contributed by atoms with Gasteiger partial charge >= 0.3 is 5.63 Å². The van der Waals surface area contributed by atoms with Gasteiger partial charge in [0.15, 0.2) is 0 Å². The fourth-order valence-corrected chi connectivity index (χ4v) is 5.54. The first-order valence-corrected chi connectivity index (χ1v) is 12.2. The Kier molecular flexibility index (Phi) is 5.06. The van der Waals surface area contributed by atoms with Crippen LogP contribution in [0.5, 0.6) is 0 Å². The Balaban J connectivity index is 1.34. The Morgan fingerprint density at radius 1 is 0.758 bits per heavy atom. The van der Waals surface area contributed by atoms with Crippen LogP contribution in [0.15, 0.2) is 121 Å². The van der Waals surface area contributed by atoms with E-state index in [1.54, 1.807) is 11.8 Å². The van der Waals surface area contributed by atoms with Crippen LogP contribution < -0.4 is 5.63 Å². The van der Waals surface area contributed by atoms with Crippen molar-refractivity contribution in [3.05, 3.63) is 113 Å². The van der Waals surface area contributed by atoms with E-state index in [0.29, 0.717) is 16.2 Å². The third-order valence-electron chi connectivity index (χ3n) is 5.51. The van der Waals surface area contributed by atoms with E-state index in [0.717, 1.165) is 27.4 Å². The number of thiazole rings is 1. The van der Waals surface area contributed by atoms with Crippen LogP contribution in [0.2, 0.25) is 0 Å². The molecule has 3 nitrogen and oxygen atoms in total. The van der Waals surface area contributed by atoms with Crippen molar-refractivity contribution in [2.75, 3.05) is 0 Å². The molecule has 33 heavy (non-hydrogen) atoms. The van der Waals surface area contributed by atoms with Crippen LogP contribution in [0, 0.1) is 0 Å². The highest BCUT2D eigenvalue weighted by Crippen LogP contribution is 2.33. The van der Waals surface area contributed by atoms with Crippen molar-refractivity contribution >= 4 is 44.8 Å². The van der Waals surface area contributed by atoms with Crippen LogP contribution in [-0.4, -0.2) is 4.98 Å². The third kappa shape index (κ3) is 3.86. The zero-order valence-corrected chi connectivity index (χ0v) is 19.0. The molecule has 0 unspecified atom stereocenters. The van der Waals surface area contributed by atoms with Crippen LogP contribution in [-0.2, 0) is 0 Å². The first-order valence-electron chi connectivity index (χ1n) is 10.5. The number of aromatic nitrogens is 1. The average molecular weight is 464 g/mol. The fourth-order valence-electron chi connectivity index (χ4n) is 3.87. The van der Waals surface area contributed by atoms with Crippen molar-refractivity contribution in [2.24, 2.45) is 0 Å². The highest BCUT2D eigenvalue weighted by Gasteiger charge is 2.14. The predicted octanol–water partition coefficient (Wildman–Crippen LogP) is 7.89. The van der Waals surface area contributed by atoms with E-state index < -0.39 is 0 Å². The zero-order chi connectivity index (χ0) is 22.2. The summed E-state index contributed by atoms with van der Waals surface area (Å²) in [5.74, 6) is 0. The van der Waals surface area contributed by atoms with Gasteiger partial charge in [-0.1, -0.05) is 72.4 Å². The second-order valence-electron chi connectivity index (χ2n) is 7.62. The first kappa shape index (κ1) is 20.0. The minimum absolute atomic E-state index is 0.367. The lowest BCUT2D eigenvalue weighted by molar-refractivity contribution is 0.564. The number of benzene rings is 4. The van der Waals surface area contributed by atoms with Crippen molar-refractivity contribution in [3.63, 3.8) is 0 Å². The van der Waals surface area contributed by atoms with Crippen LogP contribution in [0.1, 0.15) is 0 Å². The van der Waals surface area contributed by atoms with Crippen LogP contribution >= 0.6 is 23.1 Å². The van der Waals surface area contributed by atoms with E-state index >= 15 is 0 Å². The number of hydrogen-bond donors (Lipinski definition) is 0. The Labute approximate surface area is 198 Å². The van der Waals surface area contributed by atoms with Gasteiger partial charge in [-0.2, -0.15) is 0 Å². The molecule has 0 fully saturated rings. The number of nitrogens with zero attached hydrogens (tertiary/aromatic N) is 1. The van der Waals surface area contributed by atoms with E-state index in [4.69, 9.17) is 9.40 Å². The molecule has 0 aliphatic heterocycles. The lowest BCUT2D eigenvalue weighted by Gasteiger charge is -2.04. The Morgan fingerprint density at radius 3 is 2.36 bits per heavy atom. The monoisotopic (exact) mass is 463 g/mol. The van der Waals surface area contributed by atoms with Crippen LogP contribution in [0.4, 0.5) is 0 Å². The SMILES string of the molecule is O=c1oc2ccc3ccccc3c2cc1-c1nc(-c2ccc(Sc3ccccc3)cc2)cs1. The zero-order valence-electron chi connectivity index (χ0n) is 17.4. The Hall–Kier alpha value is -3.67. The molecule has 0 N–H and O–H groups in total. The van der Waals surface area contributed by atoms with Gasteiger partial charge in [-0.25, -0.2) is 9.78 Å². The van der Waals surface area contributed by atoms with Crippen molar-refractivity contribution in [1.82, 2.24) is 4.98 Å². The summed E-state index contributed by atoms with van der Waals surface area (Å²) in [6.45, 7) is 0. The molecule has 0 aliphatic rings. The van der Waals surface area contributed by atoms with Crippen LogP contribution in [0.25, 0.3) is 43.6 Å². The van der Waals surface area contributed by atoms with Gasteiger partial charge in [-0.15, -0.1) is 11.3 Å². The molecule has 0 amide bonds. The summed E-state index contributed by atoms with van der Waals surface area (Å²) in [6.07, 6.45) is 0. The highest BCUT2D eigenvalue weighted by atomic mass is 32.2. The molecule has 5 heteroatoms. The minimum atomic E-state index is -0.367. The van der Waals surface area contributed by atoms with Gasteiger partial charge in [-0.05, 0) is 47.2 Å². The summed E-state index contributed by atoms with van der Waals surface area (Å²) in [7, 11) is 0. The molecule has 4 aromatic carbocycles. The maximum atomic E-state index is 12.7. The van der Waals surface area contributed by atoms with E-state index in [1.807, 2.05) is 60.0 Å². The summed E-state index contributed by atoms with van der Waals surface area (Å²) < 4.78 is 5.65. The van der Waals surface area contributed by atoms with Gasteiger partial charge in [0.1, 0.15) is 10.6 Å². The van der Waals surface area contributed by atoms with Crippen molar-refractivity contribution in [2.45, 2.75) is 9.79 Å². The first-order chi connectivity index (χ1) is 16.2. The molecule has 6 aromatic rings. The maximum absolute atomic E-state index is 12.7. The molecule has 0 saturated carbocycles. The molecular formula is C28H17NO2S2. The van der Waals surface area contributed by atoms with Crippen molar-refractivity contribution in [3.8, 4) is 21.8 Å². The molecule has 0 bridgehead atoms. The van der Waals surface area contributed by atoms with E-state index in [1.165, 1.54) is 21.1 Å². The highest BCUT2D eigenvalue weighted by molar-refractivity contribution is 7.99. The standard InChI is InChI=1S/C28H17NO2S2/c30-28-24(16-23-22-9-5-4-6-18(22)12-15-26(23)31-28)27-29-25(17-32-27)19-10-13-21(14-11-19)33-20-7-2-1-3-8-20/h1-17H. The van der Waals surface area contributed by atoms with Gasteiger partial charge in [0.2, 0.25) is 0 Å². The second kappa shape index (κ2) is 8.35. The molecule has 0 aliphatic carbocycles. The van der Waals surface area contributed by atoms with E-state index in [2.05, 4.69) is 42.5 Å². The summed E-state index contributed by atoms with van der Waals surface area (Å²) in [5.41, 5.74) is 2.58. The van der Waals surface area contributed by atoms with Gasteiger partial charge < -0.3 is 4.42 Å². The maximum Gasteiger partial charge on any atom is 0.346 e. The fraction of sp³-hybridized carbons (Fsp3) is 0. The number of rotatable bonds is 4. The molecule has 2 heterocycles. The normalized spacial score (nSPS) is 11.3. The smallest absolute Gasteiger partial charge is 0.346 e. The van der Waals surface area contributed by atoms with Gasteiger partial charge in [0, 0.05) is 26.1 Å². The van der Waals surface area contributed by atoms with Crippen molar-refractivity contribution < 1.29 is 4.42 Å². The van der Waals surface area contributed by atoms with Crippen LogP contribution in [0.3, 0.4) is 0 Å². The molecule has 2 aromatic heterocycles. The molecule has 6 rings (SSSR count). The van der Waals surface area contributed by atoms with Crippen molar-refractivity contribution in [1.29, 1.82) is 0 Å². The lowest BCUT2D eigenvalue weighted by atomic mass is 10.0. The molecule has 158 valence electrons. The van der Waals surface area contributed by atoms with Gasteiger partial charge in [0.05, 0.1) is 11.3 Å². The lowest BCUT2D eigenvalue weighted by Crippen LogP contribution is -2.02. The summed E-state index contributed by atoms with van der Waals surface area (Å²) in [6, 6.07) is 32.5. The molecule has 0 radical (unpaired) electrons. The largest absolute Gasteiger partial charge is 0.422 e. The Morgan fingerprint density at radius 2 is 1.52 bits per heavy atom. The summed E-state index contributed by atoms with van der Waals surface area (Å²) in [5, 5.41) is 5.74. The Bertz CT molecular complexity index is 1650. The predicted molar refractivity (Wildman–Crippen MR) is 137 cm³/mol. The van der Waals surface area contributed by atoms with E-state index in [-0.39, 0.29) is 5.63 Å². The quantitative estimate of drug-likeness (QED) is 0.197. The molecular weight excluding hydrogens is 446 g/mol. The number of hydrogen-bond acceptors (Lipinski definition) is 5. The summed E-state index contributed by atoms with van der Waals surface area (Å²) >= 11 is 3.18. The van der Waals surface area contributed by atoms with E-state index in [9.17, 15) is 4.79 Å². The molecule has 0 spiro atoms. The average Bonchev–Trinajstić information content (AvgIpc) is 3.35. The number of fused-ring (bicyclic) bond motifs is 3. The molecule has 0 saturated heterocycles. The topological polar surface area (TPSA) is 43.1 Å². The molecule has 0 atom stereocenters. The minimum Gasteiger partial charge on any atom is -0.422 e. The third-order valence-corrected chi connectivity index (χ3v) is 7.40. The van der Waals surface area contributed by atoms with Gasteiger partial charge in [-0.3, -0.25) is 0 Å². The second-order valence-corrected chi connectivity index (χ2v) is 9.63. The van der Waals surface area contributed by atoms with Gasteiger partial charge in [0.25, 0.3) is 0 Å². The summed E-state index contributed by atoms with van der Waals surface area (Å²) in [4.78, 5) is 19.9.